The Morgan fingerprint density at radius 3 is 2.33 bits per heavy atom. The highest BCUT2D eigenvalue weighted by Gasteiger charge is 2.19. The first-order valence-corrected chi connectivity index (χ1v) is 12.4. The lowest BCUT2D eigenvalue weighted by molar-refractivity contribution is 0.0954. The van der Waals surface area contributed by atoms with Gasteiger partial charge in [-0.25, -0.2) is 13.1 Å². The Kier molecular flexibility index (Phi) is 6.70. The number of hydrogen-bond acceptors (Lipinski definition) is 4. The van der Waals surface area contributed by atoms with Crippen LogP contribution >= 0.6 is 0 Å². The van der Waals surface area contributed by atoms with Gasteiger partial charge in [-0.3, -0.25) is 4.79 Å². The molecule has 0 bridgehead atoms. The zero-order valence-corrected chi connectivity index (χ0v) is 19.1. The molecule has 0 spiro atoms. The molecule has 0 aliphatic rings. The number of nitrogens with one attached hydrogen (secondary N) is 1. The van der Waals surface area contributed by atoms with Crippen molar-refractivity contribution in [2.45, 2.75) is 18.2 Å². The molecule has 33 heavy (non-hydrogen) atoms. The standard InChI is InChI=1S/C26H25N3O3S/c1-20-10-8-11-21(18-20)25-24(19-29(28-25)22-12-4-2-5-13-22)26(30)27-16-9-17-33(31,32)23-14-6-3-7-15-23/h2-8,10-15,18-19H,9,16-17H2,1H3,(H,27,30). The van der Waals surface area contributed by atoms with Crippen molar-refractivity contribution >= 4 is 15.7 Å². The molecule has 3 aromatic carbocycles. The third kappa shape index (κ3) is 5.38. The molecule has 1 heterocycles. The summed E-state index contributed by atoms with van der Waals surface area (Å²) in [5, 5.41) is 7.54. The van der Waals surface area contributed by atoms with E-state index in [1.165, 1.54) is 0 Å². The minimum absolute atomic E-state index is 0.0364. The lowest BCUT2D eigenvalue weighted by atomic mass is 10.1. The monoisotopic (exact) mass is 459 g/mol. The predicted octanol–water partition coefficient (Wildman–Crippen LogP) is 4.44. The summed E-state index contributed by atoms with van der Waals surface area (Å²) in [5.74, 6) is -0.323. The molecule has 0 unspecified atom stereocenters. The van der Waals surface area contributed by atoms with Crippen LogP contribution in [0.15, 0.2) is 96.0 Å². The minimum atomic E-state index is -3.38. The van der Waals surface area contributed by atoms with Gasteiger partial charge in [-0.1, -0.05) is 60.2 Å². The maximum absolute atomic E-state index is 13.0. The summed E-state index contributed by atoms with van der Waals surface area (Å²) in [4.78, 5) is 13.3. The van der Waals surface area contributed by atoms with Gasteiger partial charge < -0.3 is 5.32 Å². The van der Waals surface area contributed by atoms with Crippen molar-refractivity contribution in [3.05, 3.63) is 102 Å². The summed E-state index contributed by atoms with van der Waals surface area (Å²) in [5.41, 5.74) is 3.78. The predicted molar refractivity (Wildman–Crippen MR) is 129 cm³/mol. The molecule has 1 N–H and O–H groups in total. The third-order valence-corrected chi connectivity index (χ3v) is 7.07. The molecule has 0 saturated carbocycles. The minimum Gasteiger partial charge on any atom is -0.352 e. The van der Waals surface area contributed by atoms with E-state index in [1.54, 1.807) is 41.2 Å². The number of carbonyl (C=O) groups is 1. The molecule has 0 atom stereocenters. The van der Waals surface area contributed by atoms with Crippen LogP contribution in [0.25, 0.3) is 16.9 Å². The van der Waals surface area contributed by atoms with Crippen LogP contribution < -0.4 is 5.32 Å². The number of para-hydroxylation sites is 1. The molecule has 0 fully saturated rings. The summed E-state index contributed by atoms with van der Waals surface area (Å²) >= 11 is 0. The highest BCUT2D eigenvalue weighted by molar-refractivity contribution is 7.91. The Balaban J connectivity index is 1.51. The van der Waals surface area contributed by atoms with Gasteiger partial charge in [0.2, 0.25) is 0 Å². The largest absolute Gasteiger partial charge is 0.352 e. The number of aryl methyl sites for hydroxylation is 1. The molecule has 7 heteroatoms. The van der Waals surface area contributed by atoms with Crippen LogP contribution in [0.2, 0.25) is 0 Å². The lowest BCUT2D eigenvalue weighted by Crippen LogP contribution is -2.26. The van der Waals surface area contributed by atoms with E-state index in [0.717, 1.165) is 16.8 Å². The van der Waals surface area contributed by atoms with Gasteiger partial charge >= 0.3 is 0 Å². The van der Waals surface area contributed by atoms with Crippen molar-refractivity contribution in [3.63, 3.8) is 0 Å². The van der Waals surface area contributed by atoms with Crippen molar-refractivity contribution in [1.29, 1.82) is 0 Å². The van der Waals surface area contributed by atoms with Crippen molar-refractivity contribution in [1.82, 2.24) is 15.1 Å². The first kappa shape index (κ1) is 22.5. The van der Waals surface area contributed by atoms with Crippen molar-refractivity contribution in [2.24, 2.45) is 0 Å². The smallest absolute Gasteiger partial charge is 0.255 e. The second kappa shape index (κ2) is 9.83. The molecule has 1 aromatic heterocycles. The molecule has 4 aromatic rings. The van der Waals surface area contributed by atoms with Crippen LogP contribution in [-0.4, -0.2) is 36.4 Å². The van der Waals surface area contributed by atoms with E-state index in [-0.39, 0.29) is 18.2 Å². The second-order valence-electron chi connectivity index (χ2n) is 7.78. The van der Waals surface area contributed by atoms with Gasteiger partial charge in [0.15, 0.2) is 9.84 Å². The quantitative estimate of drug-likeness (QED) is 0.395. The summed E-state index contributed by atoms with van der Waals surface area (Å²) in [6.45, 7) is 2.24. The molecule has 6 nitrogen and oxygen atoms in total. The number of sulfone groups is 1. The first-order valence-electron chi connectivity index (χ1n) is 10.7. The maximum atomic E-state index is 13.0. The van der Waals surface area contributed by atoms with Gasteiger partial charge in [0.25, 0.3) is 5.91 Å². The Hall–Kier alpha value is -3.71. The van der Waals surface area contributed by atoms with Crippen LogP contribution in [0.4, 0.5) is 0 Å². The van der Waals surface area contributed by atoms with Gasteiger partial charge in [-0.15, -0.1) is 0 Å². The van der Waals surface area contributed by atoms with E-state index in [0.29, 0.717) is 22.6 Å². The second-order valence-corrected chi connectivity index (χ2v) is 9.89. The van der Waals surface area contributed by atoms with Crippen molar-refractivity contribution < 1.29 is 13.2 Å². The van der Waals surface area contributed by atoms with E-state index >= 15 is 0 Å². The molecular weight excluding hydrogens is 434 g/mol. The lowest BCUT2D eigenvalue weighted by Gasteiger charge is -2.07. The van der Waals surface area contributed by atoms with Crippen LogP contribution in [0.1, 0.15) is 22.3 Å². The normalized spacial score (nSPS) is 11.3. The van der Waals surface area contributed by atoms with Crippen LogP contribution in [0.3, 0.4) is 0 Å². The average Bonchev–Trinajstić information content (AvgIpc) is 3.29. The maximum Gasteiger partial charge on any atom is 0.255 e. The fraction of sp³-hybridized carbons (Fsp3) is 0.154. The van der Waals surface area contributed by atoms with Gasteiger partial charge in [-0.05, 0) is 43.7 Å². The Morgan fingerprint density at radius 1 is 0.939 bits per heavy atom. The molecular formula is C26H25N3O3S. The van der Waals surface area contributed by atoms with Gasteiger partial charge in [-0.2, -0.15) is 5.10 Å². The van der Waals surface area contributed by atoms with E-state index in [1.807, 2.05) is 61.5 Å². The SMILES string of the molecule is Cc1cccc(-c2nn(-c3ccccc3)cc2C(=O)NCCCS(=O)(=O)c2ccccc2)c1. The number of amides is 1. The van der Waals surface area contributed by atoms with Gasteiger partial charge in [0.1, 0.15) is 5.69 Å². The Morgan fingerprint density at radius 2 is 1.64 bits per heavy atom. The average molecular weight is 460 g/mol. The fourth-order valence-electron chi connectivity index (χ4n) is 3.56. The number of hydrogen-bond donors (Lipinski definition) is 1. The van der Waals surface area contributed by atoms with Crippen LogP contribution in [-0.2, 0) is 9.84 Å². The number of aromatic nitrogens is 2. The van der Waals surface area contributed by atoms with E-state index in [2.05, 4.69) is 10.4 Å². The van der Waals surface area contributed by atoms with Gasteiger partial charge in [0, 0.05) is 18.3 Å². The highest BCUT2D eigenvalue weighted by atomic mass is 32.2. The van der Waals surface area contributed by atoms with Crippen LogP contribution in [0.5, 0.6) is 0 Å². The number of nitrogens with zero attached hydrogens (tertiary/aromatic N) is 2. The zero-order chi connectivity index (χ0) is 23.3. The highest BCUT2D eigenvalue weighted by Crippen LogP contribution is 2.24. The van der Waals surface area contributed by atoms with E-state index in [9.17, 15) is 13.2 Å². The summed E-state index contributed by atoms with van der Waals surface area (Å²) in [6.07, 6.45) is 2.03. The van der Waals surface area contributed by atoms with E-state index < -0.39 is 9.84 Å². The van der Waals surface area contributed by atoms with Crippen molar-refractivity contribution in [2.75, 3.05) is 12.3 Å². The molecule has 4 rings (SSSR count). The topological polar surface area (TPSA) is 81.1 Å². The van der Waals surface area contributed by atoms with E-state index in [4.69, 9.17) is 0 Å². The number of benzene rings is 3. The number of carbonyl (C=O) groups excluding carboxylic acids is 1. The molecule has 0 saturated heterocycles. The van der Waals surface area contributed by atoms with Crippen LogP contribution in [0, 0.1) is 6.92 Å². The third-order valence-electron chi connectivity index (χ3n) is 5.25. The van der Waals surface area contributed by atoms with Crippen molar-refractivity contribution in [3.8, 4) is 16.9 Å². The molecule has 0 aliphatic carbocycles. The fourth-order valence-corrected chi connectivity index (χ4v) is 4.90. The molecule has 0 aliphatic heterocycles. The zero-order valence-electron chi connectivity index (χ0n) is 18.3. The van der Waals surface area contributed by atoms with Gasteiger partial charge in [0.05, 0.1) is 21.9 Å². The summed E-state index contributed by atoms with van der Waals surface area (Å²) in [6, 6.07) is 25.8. The Labute approximate surface area is 193 Å². The first-order chi connectivity index (χ1) is 15.9. The molecule has 0 radical (unpaired) electrons. The summed E-state index contributed by atoms with van der Waals surface area (Å²) in [7, 11) is -3.38. The molecule has 1 amide bonds. The number of rotatable bonds is 8. The molecule has 168 valence electrons. The Bertz CT molecular complexity index is 1350. The summed E-state index contributed by atoms with van der Waals surface area (Å²) < 4.78 is 26.6.